The van der Waals surface area contributed by atoms with E-state index >= 15 is 0 Å². The van der Waals surface area contributed by atoms with E-state index in [1.165, 1.54) is 0 Å². The van der Waals surface area contributed by atoms with Crippen molar-refractivity contribution in [3.8, 4) is 0 Å². The van der Waals surface area contributed by atoms with Crippen molar-refractivity contribution >= 4 is 11.8 Å². The average Bonchev–Trinajstić information content (AvgIpc) is 3.03. The standard InChI is InChI=1S/C17H30F3N3O2/c1-11(2)23(10-17(18,19)20)14(24)9-22(6)8-12(3)21-15(25)13-7-16(13,4)5/h11-13H,7-10H2,1-6H3,(H,21,25)/t12?,13-/m1/s1. The molecule has 1 unspecified atom stereocenters. The second-order valence-electron chi connectivity index (χ2n) is 8.08. The Morgan fingerprint density at radius 2 is 1.76 bits per heavy atom. The molecule has 2 atom stereocenters. The van der Waals surface area contributed by atoms with Gasteiger partial charge in [-0.1, -0.05) is 13.8 Å². The van der Waals surface area contributed by atoms with E-state index in [-0.39, 0.29) is 29.8 Å². The maximum atomic E-state index is 12.6. The molecule has 1 fully saturated rings. The fourth-order valence-electron chi connectivity index (χ4n) is 2.91. The minimum atomic E-state index is -4.42. The molecule has 0 bridgehead atoms. The predicted octanol–water partition coefficient (Wildman–Crippen LogP) is 2.27. The van der Waals surface area contributed by atoms with Gasteiger partial charge in [-0.05, 0) is 39.7 Å². The lowest BCUT2D eigenvalue weighted by atomic mass is 10.1. The number of amides is 2. The molecule has 0 aliphatic heterocycles. The third-order valence-electron chi connectivity index (χ3n) is 4.50. The summed E-state index contributed by atoms with van der Waals surface area (Å²) < 4.78 is 37.8. The average molecular weight is 365 g/mol. The van der Waals surface area contributed by atoms with Gasteiger partial charge in [0.2, 0.25) is 11.8 Å². The third-order valence-corrected chi connectivity index (χ3v) is 4.50. The van der Waals surface area contributed by atoms with Crippen molar-refractivity contribution in [2.24, 2.45) is 11.3 Å². The van der Waals surface area contributed by atoms with Crippen LogP contribution in [0, 0.1) is 11.3 Å². The molecule has 0 aromatic rings. The van der Waals surface area contributed by atoms with E-state index in [9.17, 15) is 22.8 Å². The van der Waals surface area contributed by atoms with Crippen LogP contribution in [0.1, 0.15) is 41.0 Å². The summed E-state index contributed by atoms with van der Waals surface area (Å²) >= 11 is 0. The lowest BCUT2D eigenvalue weighted by Gasteiger charge is -2.30. The third kappa shape index (κ3) is 7.22. The summed E-state index contributed by atoms with van der Waals surface area (Å²) in [5, 5.41) is 2.91. The van der Waals surface area contributed by atoms with Crippen LogP contribution in [-0.2, 0) is 9.59 Å². The maximum absolute atomic E-state index is 12.6. The monoisotopic (exact) mass is 365 g/mol. The minimum absolute atomic E-state index is 0.00175. The van der Waals surface area contributed by atoms with Gasteiger partial charge in [0.15, 0.2) is 0 Å². The molecule has 8 heteroatoms. The number of nitrogens with one attached hydrogen (secondary N) is 1. The molecule has 5 nitrogen and oxygen atoms in total. The van der Waals surface area contributed by atoms with Gasteiger partial charge in [-0.2, -0.15) is 13.2 Å². The second-order valence-corrected chi connectivity index (χ2v) is 8.08. The van der Waals surface area contributed by atoms with Crippen molar-refractivity contribution in [3.05, 3.63) is 0 Å². The van der Waals surface area contributed by atoms with Gasteiger partial charge in [-0.15, -0.1) is 0 Å². The van der Waals surface area contributed by atoms with Gasteiger partial charge in [-0.3, -0.25) is 14.5 Å². The Balaban J connectivity index is 2.47. The summed E-state index contributed by atoms with van der Waals surface area (Å²) in [6, 6.07) is -0.714. The lowest BCUT2D eigenvalue weighted by Crippen LogP contribution is -2.49. The molecule has 0 saturated heterocycles. The first-order chi connectivity index (χ1) is 11.2. The van der Waals surface area contributed by atoms with E-state index < -0.39 is 24.7 Å². The second kappa shape index (κ2) is 7.93. The van der Waals surface area contributed by atoms with E-state index in [0.717, 1.165) is 11.3 Å². The van der Waals surface area contributed by atoms with Crippen LogP contribution in [0.25, 0.3) is 0 Å². The number of alkyl halides is 3. The molecular formula is C17H30F3N3O2. The molecule has 1 N–H and O–H groups in total. The van der Waals surface area contributed by atoms with Crippen LogP contribution in [-0.4, -0.2) is 66.6 Å². The quantitative estimate of drug-likeness (QED) is 0.718. The molecule has 25 heavy (non-hydrogen) atoms. The van der Waals surface area contributed by atoms with E-state index in [0.29, 0.717) is 6.54 Å². The number of hydrogen-bond donors (Lipinski definition) is 1. The van der Waals surface area contributed by atoms with Crippen molar-refractivity contribution in [2.75, 3.05) is 26.7 Å². The van der Waals surface area contributed by atoms with Gasteiger partial charge in [0.05, 0.1) is 6.54 Å². The van der Waals surface area contributed by atoms with Gasteiger partial charge in [-0.25, -0.2) is 0 Å². The summed E-state index contributed by atoms with van der Waals surface area (Å²) in [6.45, 7) is 8.03. The van der Waals surface area contributed by atoms with Crippen LogP contribution in [0.2, 0.25) is 0 Å². The minimum Gasteiger partial charge on any atom is -0.352 e. The Bertz CT molecular complexity index is 492. The summed E-state index contributed by atoms with van der Waals surface area (Å²) in [5.41, 5.74) is 0.0427. The number of rotatable bonds is 8. The van der Waals surface area contributed by atoms with Gasteiger partial charge in [0.25, 0.3) is 0 Å². The molecule has 0 aromatic carbocycles. The summed E-state index contributed by atoms with van der Waals surface area (Å²) in [5.74, 6) is -0.556. The first kappa shape index (κ1) is 21.7. The number of carbonyl (C=O) groups excluding carboxylic acids is 2. The van der Waals surface area contributed by atoms with E-state index in [1.807, 2.05) is 20.8 Å². The van der Waals surface area contributed by atoms with Gasteiger partial charge in [0, 0.05) is 24.5 Å². The number of hydrogen-bond acceptors (Lipinski definition) is 3. The Hall–Kier alpha value is -1.31. The molecule has 146 valence electrons. The van der Waals surface area contributed by atoms with Crippen LogP contribution in [0.4, 0.5) is 13.2 Å². The highest BCUT2D eigenvalue weighted by molar-refractivity contribution is 5.82. The zero-order valence-corrected chi connectivity index (χ0v) is 15.9. The Labute approximate surface area is 147 Å². The molecule has 0 spiro atoms. The predicted molar refractivity (Wildman–Crippen MR) is 89.9 cm³/mol. The van der Waals surface area contributed by atoms with Gasteiger partial charge < -0.3 is 10.2 Å². The Morgan fingerprint density at radius 1 is 1.24 bits per heavy atom. The van der Waals surface area contributed by atoms with Crippen LogP contribution in [0.3, 0.4) is 0 Å². The van der Waals surface area contributed by atoms with Crippen LogP contribution in [0.15, 0.2) is 0 Å². The van der Waals surface area contributed by atoms with Crippen molar-refractivity contribution in [3.63, 3.8) is 0 Å². The van der Waals surface area contributed by atoms with Gasteiger partial charge >= 0.3 is 6.18 Å². The smallest absolute Gasteiger partial charge is 0.352 e. The fourth-order valence-corrected chi connectivity index (χ4v) is 2.91. The van der Waals surface area contributed by atoms with E-state index in [4.69, 9.17) is 0 Å². The Morgan fingerprint density at radius 3 is 2.16 bits per heavy atom. The summed E-state index contributed by atoms with van der Waals surface area (Å²) in [4.78, 5) is 26.7. The topological polar surface area (TPSA) is 52.7 Å². The number of carbonyl (C=O) groups is 2. The van der Waals surface area contributed by atoms with Gasteiger partial charge in [0.1, 0.15) is 6.54 Å². The maximum Gasteiger partial charge on any atom is 0.406 e. The zero-order chi connectivity index (χ0) is 19.6. The molecule has 0 radical (unpaired) electrons. The van der Waals surface area contributed by atoms with Crippen molar-refractivity contribution < 1.29 is 22.8 Å². The molecule has 2 amide bonds. The highest BCUT2D eigenvalue weighted by atomic mass is 19.4. The van der Waals surface area contributed by atoms with Crippen molar-refractivity contribution in [1.29, 1.82) is 0 Å². The van der Waals surface area contributed by atoms with E-state index in [2.05, 4.69) is 5.32 Å². The number of likely N-dealkylation sites (N-methyl/N-ethyl adjacent to an activating group) is 1. The highest BCUT2D eigenvalue weighted by Gasteiger charge is 2.50. The van der Waals surface area contributed by atoms with E-state index in [1.54, 1.807) is 25.8 Å². The normalized spacial score (nSPS) is 20.5. The molecule has 1 aliphatic carbocycles. The highest BCUT2D eigenvalue weighted by Crippen LogP contribution is 2.51. The van der Waals surface area contributed by atoms with Crippen molar-refractivity contribution in [2.45, 2.75) is 59.3 Å². The largest absolute Gasteiger partial charge is 0.406 e. The first-order valence-electron chi connectivity index (χ1n) is 8.58. The zero-order valence-electron chi connectivity index (χ0n) is 15.9. The molecule has 0 heterocycles. The van der Waals surface area contributed by atoms with Crippen LogP contribution in [0.5, 0.6) is 0 Å². The first-order valence-corrected chi connectivity index (χ1v) is 8.58. The van der Waals surface area contributed by atoms with Crippen LogP contribution >= 0.6 is 0 Å². The number of halogens is 3. The fraction of sp³-hybridized carbons (Fsp3) is 0.882. The summed E-state index contributed by atoms with van der Waals surface area (Å²) in [7, 11) is 1.66. The Kier molecular flexibility index (Phi) is 6.89. The molecule has 1 saturated carbocycles. The molecule has 1 rings (SSSR count). The SMILES string of the molecule is CC(CN(C)CC(=O)N(CC(F)(F)F)C(C)C)NC(=O)[C@H]1CC1(C)C. The lowest BCUT2D eigenvalue weighted by molar-refractivity contribution is -0.165. The van der Waals surface area contributed by atoms with Crippen LogP contribution < -0.4 is 5.32 Å². The molecule has 1 aliphatic rings. The molecular weight excluding hydrogens is 335 g/mol. The molecule has 0 aromatic heterocycles. The van der Waals surface area contributed by atoms with Crippen molar-refractivity contribution in [1.82, 2.24) is 15.1 Å². The summed E-state index contributed by atoms with van der Waals surface area (Å²) in [6.07, 6.45) is -3.56. The number of nitrogens with zero attached hydrogens (tertiary/aromatic N) is 2.